The Hall–Kier alpha value is -3.05. The largest absolute Gasteiger partial charge is 0.440 e. The van der Waals surface area contributed by atoms with Crippen LogP contribution >= 0.6 is 0 Å². The smallest absolute Gasteiger partial charge is 0.326 e. The molecule has 25 heavy (non-hydrogen) atoms. The highest BCUT2D eigenvalue weighted by molar-refractivity contribution is 5.99. The van der Waals surface area contributed by atoms with Gasteiger partial charge in [0.2, 0.25) is 5.88 Å². The van der Waals surface area contributed by atoms with Crippen LogP contribution in [0.1, 0.15) is 12.5 Å². The summed E-state index contributed by atoms with van der Waals surface area (Å²) in [6, 6.07) is 20.4. The van der Waals surface area contributed by atoms with Crippen molar-refractivity contribution in [3.05, 3.63) is 72.3 Å². The van der Waals surface area contributed by atoms with Crippen LogP contribution in [0.2, 0.25) is 0 Å². The van der Waals surface area contributed by atoms with E-state index in [4.69, 9.17) is 9.15 Å². The van der Waals surface area contributed by atoms with Crippen LogP contribution in [0.4, 0.5) is 16.4 Å². The molecule has 1 heterocycles. The van der Waals surface area contributed by atoms with Gasteiger partial charge in [-0.3, -0.25) is 5.32 Å². The van der Waals surface area contributed by atoms with Crippen molar-refractivity contribution in [2.75, 3.05) is 17.2 Å². The molecule has 0 unspecified atom stereocenters. The number of rotatable bonds is 6. The third-order valence-corrected chi connectivity index (χ3v) is 3.59. The van der Waals surface area contributed by atoms with Crippen LogP contribution in [0.5, 0.6) is 0 Å². The summed E-state index contributed by atoms with van der Waals surface area (Å²) < 4.78 is 11.0. The number of furan rings is 1. The fourth-order valence-corrected chi connectivity index (χ4v) is 2.34. The molecule has 0 aliphatic heterocycles. The zero-order valence-corrected chi connectivity index (χ0v) is 14.0. The Morgan fingerprint density at radius 2 is 1.72 bits per heavy atom. The predicted molar refractivity (Wildman–Crippen MR) is 98.6 cm³/mol. The second-order valence-electron chi connectivity index (χ2n) is 5.44. The van der Waals surface area contributed by atoms with Crippen molar-refractivity contribution in [3.63, 3.8) is 0 Å². The quantitative estimate of drug-likeness (QED) is 0.656. The molecule has 0 saturated carbocycles. The van der Waals surface area contributed by atoms with Gasteiger partial charge in [-0.05, 0) is 30.7 Å². The van der Waals surface area contributed by atoms with E-state index < -0.39 is 0 Å². The van der Waals surface area contributed by atoms with E-state index in [2.05, 4.69) is 10.6 Å². The molecule has 0 radical (unpaired) electrons. The molecule has 0 atom stereocenters. The number of hydrogen-bond acceptors (Lipinski definition) is 3. The molecule has 2 amide bonds. The van der Waals surface area contributed by atoms with Crippen LogP contribution < -0.4 is 10.6 Å². The van der Waals surface area contributed by atoms with Gasteiger partial charge in [0.15, 0.2) is 0 Å². The summed E-state index contributed by atoms with van der Waals surface area (Å²) in [5.74, 6) is 1.10. The van der Waals surface area contributed by atoms with Crippen molar-refractivity contribution in [2.24, 2.45) is 0 Å². The molecule has 3 aromatic rings. The highest BCUT2D eigenvalue weighted by Gasteiger charge is 2.08. The lowest BCUT2D eigenvalue weighted by molar-refractivity contribution is 0.134. The van der Waals surface area contributed by atoms with Crippen LogP contribution in [0.3, 0.4) is 0 Å². The van der Waals surface area contributed by atoms with Crippen LogP contribution in [0, 0.1) is 0 Å². The number of urea groups is 1. The van der Waals surface area contributed by atoms with Crippen molar-refractivity contribution in [3.8, 4) is 11.3 Å². The van der Waals surface area contributed by atoms with Gasteiger partial charge in [-0.2, -0.15) is 0 Å². The minimum absolute atomic E-state index is 0.355. The van der Waals surface area contributed by atoms with Crippen LogP contribution in [-0.4, -0.2) is 12.6 Å². The highest BCUT2D eigenvalue weighted by Crippen LogP contribution is 2.24. The van der Waals surface area contributed by atoms with E-state index in [9.17, 15) is 4.79 Å². The van der Waals surface area contributed by atoms with E-state index in [1.54, 1.807) is 6.07 Å². The molecule has 0 aliphatic rings. The number of hydrogen-bond donors (Lipinski definition) is 2. The van der Waals surface area contributed by atoms with Gasteiger partial charge in [-0.15, -0.1) is 0 Å². The number of carbonyl (C=O) groups is 1. The van der Waals surface area contributed by atoms with Gasteiger partial charge < -0.3 is 14.5 Å². The Bertz CT molecular complexity index is 810. The first-order valence-corrected chi connectivity index (χ1v) is 8.14. The standard InChI is InChI=1S/C20H20N2O3/c1-2-24-14-15-8-10-17(11-9-15)21-20(23)22-19-13-12-18(25-19)16-6-4-3-5-7-16/h3-13H,2,14H2,1H3,(H2,21,22,23). The average Bonchev–Trinajstić information content (AvgIpc) is 3.10. The SMILES string of the molecule is CCOCc1ccc(NC(=O)Nc2ccc(-c3ccccc3)o2)cc1. The van der Waals surface area contributed by atoms with Gasteiger partial charge in [0.1, 0.15) is 5.76 Å². The van der Waals surface area contributed by atoms with Crippen LogP contribution in [0.25, 0.3) is 11.3 Å². The molecule has 0 spiro atoms. The molecule has 5 nitrogen and oxygen atoms in total. The number of benzene rings is 2. The Morgan fingerprint density at radius 1 is 0.960 bits per heavy atom. The second kappa shape index (κ2) is 8.17. The van der Waals surface area contributed by atoms with Gasteiger partial charge in [0.25, 0.3) is 0 Å². The molecule has 0 aliphatic carbocycles. The van der Waals surface area contributed by atoms with Gasteiger partial charge in [-0.25, -0.2) is 4.79 Å². The van der Waals surface area contributed by atoms with E-state index >= 15 is 0 Å². The summed E-state index contributed by atoms with van der Waals surface area (Å²) in [6.07, 6.45) is 0. The summed E-state index contributed by atoms with van der Waals surface area (Å²) in [4.78, 5) is 12.1. The van der Waals surface area contributed by atoms with Crippen LogP contribution in [0.15, 0.2) is 71.1 Å². The number of ether oxygens (including phenoxy) is 1. The maximum absolute atomic E-state index is 12.1. The lowest BCUT2D eigenvalue weighted by Crippen LogP contribution is -2.18. The van der Waals surface area contributed by atoms with Gasteiger partial charge in [0.05, 0.1) is 6.61 Å². The highest BCUT2D eigenvalue weighted by atomic mass is 16.5. The molecular weight excluding hydrogens is 316 g/mol. The minimum Gasteiger partial charge on any atom is -0.440 e. The number of amides is 2. The Morgan fingerprint density at radius 3 is 2.44 bits per heavy atom. The van der Waals surface area contributed by atoms with Crippen molar-refractivity contribution in [2.45, 2.75) is 13.5 Å². The van der Waals surface area contributed by atoms with Gasteiger partial charge >= 0.3 is 6.03 Å². The van der Waals surface area contributed by atoms with E-state index in [1.807, 2.05) is 67.6 Å². The van der Waals surface area contributed by atoms with Gasteiger partial charge in [0, 0.05) is 23.9 Å². The Balaban J connectivity index is 1.57. The van der Waals surface area contributed by atoms with E-state index in [1.165, 1.54) is 0 Å². The van der Waals surface area contributed by atoms with E-state index in [-0.39, 0.29) is 6.03 Å². The fourth-order valence-electron chi connectivity index (χ4n) is 2.34. The first kappa shape index (κ1) is 16.8. The van der Waals surface area contributed by atoms with Crippen LogP contribution in [-0.2, 0) is 11.3 Å². The lowest BCUT2D eigenvalue weighted by atomic mass is 10.2. The molecule has 128 valence electrons. The lowest BCUT2D eigenvalue weighted by Gasteiger charge is -2.07. The molecule has 5 heteroatoms. The molecule has 0 saturated heterocycles. The number of carbonyl (C=O) groups excluding carboxylic acids is 1. The normalized spacial score (nSPS) is 10.4. The van der Waals surface area contributed by atoms with E-state index in [0.29, 0.717) is 30.5 Å². The minimum atomic E-state index is -0.355. The van der Waals surface area contributed by atoms with E-state index in [0.717, 1.165) is 11.1 Å². The second-order valence-corrected chi connectivity index (χ2v) is 5.44. The monoisotopic (exact) mass is 336 g/mol. The van der Waals surface area contributed by atoms with Crippen molar-refractivity contribution in [1.82, 2.24) is 0 Å². The Kier molecular flexibility index (Phi) is 5.49. The van der Waals surface area contributed by atoms with Crippen molar-refractivity contribution < 1.29 is 13.9 Å². The molecule has 2 aromatic carbocycles. The molecule has 2 N–H and O–H groups in total. The average molecular weight is 336 g/mol. The summed E-state index contributed by atoms with van der Waals surface area (Å²) in [5, 5.41) is 5.46. The molecular formula is C20H20N2O3. The molecule has 0 bridgehead atoms. The first-order valence-electron chi connectivity index (χ1n) is 8.14. The predicted octanol–water partition coefficient (Wildman–Crippen LogP) is 5.13. The maximum Gasteiger partial charge on any atom is 0.326 e. The topological polar surface area (TPSA) is 63.5 Å². The van der Waals surface area contributed by atoms with Gasteiger partial charge in [-0.1, -0.05) is 42.5 Å². The Labute approximate surface area is 146 Å². The number of nitrogens with one attached hydrogen (secondary N) is 2. The summed E-state index contributed by atoms with van der Waals surface area (Å²) in [6.45, 7) is 3.20. The maximum atomic E-state index is 12.1. The van der Waals surface area contributed by atoms with Crippen molar-refractivity contribution >= 4 is 17.6 Å². The molecule has 3 rings (SSSR count). The molecule has 0 fully saturated rings. The first-order chi connectivity index (χ1) is 12.2. The van der Waals surface area contributed by atoms with Crippen molar-refractivity contribution in [1.29, 1.82) is 0 Å². The third-order valence-electron chi connectivity index (χ3n) is 3.59. The zero-order chi connectivity index (χ0) is 17.5. The zero-order valence-electron chi connectivity index (χ0n) is 14.0. The summed E-state index contributed by atoms with van der Waals surface area (Å²) >= 11 is 0. The number of anilines is 2. The summed E-state index contributed by atoms with van der Waals surface area (Å²) in [5.41, 5.74) is 2.72. The fraction of sp³-hybridized carbons (Fsp3) is 0.150. The molecule has 1 aromatic heterocycles. The third kappa shape index (κ3) is 4.71. The summed E-state index contributed by atoms with van der Waals surface area (Å²) in [7, 11) is 0.